The molecule has 10 nitrogen and oxygen atoms in total. The zero-order valence-electron chi connectivity index (χ0n) is 21.5. The van der Waals surface area contributed by atoms with E-state index in [0.717, 1.165) is 0 Å². The van der Waals surface area contributed by atoms with Gasteiger partial charge in [0.25, 0.3) is 0 Å². The summed E-state index contributed by atoms with van der Waals surface area (Å²) in [6, 6.07) is 4.97. The van der Waals surface area contributed by atoms with E-state index < -0.39 is 23.8 Å². The lowest BCUT2D eigenvalue weighted by atomic mass is 9.70. The Bertz CT molecular complexity index is 1180. The van der Waals surface area contributed by atoms with E-state index in [1.807, 2.05) is 0 Å². The highest BCUT2D eigenvalue weighted by Crippen LogP contribution is 2.55. The molecule has 2 atom stereocenters. The topological polar surface area (TPSA) is 108 Å². The summed E-state index contributed by atoms with van der Waals surface area (Å²) in [5.41, 5.74) is 1.62. The number of carbonyl (C=O) groups excluding carboxylic acids is 2. The third-order valence-electron chi connectivity index (χ3n) is 6.16. The number of ether oxygens (including phenoxy) is 8. The normalized spacial score (nSPS) is 16.2. The molecule has 10 heteroatoms. The Morgan fingerprint density at radius 2 is 1.19 bits per heavy atom. The fourth-order valence-corrected chi connectivity index (χ4v) is 4.56. The van der Waals surface area contributed by atoms with E-state index in [0.29, 0.717) is 51.2 Å². The summed E-state index contributed by atoms with van der Waals surface area (Å²) in [6.07, 6.45) is 1.55. The standard InChI is InChI=1S/C26H30O10/c1-29-16-11-19(32-4)18(31-3)10-14(16)21-22-13(17(30-2)12-20(33-5)24(22)34-6)9-15(25(27)35-7)23(21)26(28)36-8/h9-12,21,23H,1-8H3/t21-,23+/m1/s1. The summed E-state index contributed by atoms with van der Waals surface area (Å²) < 4.78 is 43.8. The zero-order chi connectivity index (χ0) is 26.6. The summed E-state index contributed by atoms with van der Waals surface area (Å²) in [6.45, 7) is 0. The first-order valence-corrected chi connectivity index (χ1v) is 10.9. The van der Waals surface area contributed by atoms with Crippen molar-refractivity contribution >= 4 is 18.0 Å². The maximum absolute atomic E-state index is 13.3. The van der Waals surface area contributed by atoms with Crippen LogP contribution in [0.5, 0.6) is 34.5 Å². The molecule has 36 heavy (non-hydrogen) atoms. The summed E-state index contributed by atoms with van der Waals surface area (Å²) in [5.74, 6) is -1.04. The van der Waals surface area contributed by atoms with Gasteiger partial charge in [-0.1, -0.05) is 0 Å². The van der Waals surface area contributed by atoms with Crippen molar-refractivity contribution in [3.63, 3.8) is 0 Å². The highest BCUT2D eigenvalue weighted by Gasteiger charge is 2.46. The number of benzene rings is 2. The molecule has 2 aromatic rings. The Labute approximate surface area is 209 Å². The zero-order valence-corrected chi connectivity index (χ0v) is 21.5. The molecule has 0 spiro atoms. The van der Waals surface area contributed by atoms with Crippen LogP contribution in [-0.4, -0.2) is 68.8 Å². The van der Waals surface area contributed by atoms with E-state index in [9.17, 15) is 9.59 Å². The van der Waals surface area contributed by atoms with Crippen molar-refractivity contribution in [2.45, 2.75) is 5.92 Å². The van der Waals surface area contributed by atoms with Crippen LogP contribution in [-0.2, 0) is 19.1 Å². The molecule has 0 radical (unpaired) electrons. The molecule has 1 aliphatic rings. The molecule has 0 aliphatic heterocycles. The molecular weight excluding hydrogens is 472 g/mol. The van der Waals surface area contributed by atoms with Crippen LogP contribution in [0.25, 0.3) is 6.08 Å². The van der Waals surface area contributed by atoms with Crippen LogP contribution < -0.4 is 28.4 Å². The Morgan fingerprint density at radius 1 is 0.639 bits per heavy atom. The molecule has 0 aromatic heterocycles. The smallest absolute Gasteiger partial charge is 0.334 e. The third kappa shape index (κ3) is 4.34. The molecule has 0 N–H and O–H groups in total. The van der Waals surface area contributed by atoms with Gasteiger partial charge in [0, 0.05) is 34.7 Å². The van der Waals surface area contributed by atoms with Gasteiger partial charge in [0.1, 0.15) is 17.4 Å². The van der Waals surface area contributed by atoms with Gasteiger partial charge in [0.05, 0.1) is 62.5 Å². The second kappa shape index (κ2) is 11.1. The molecule has 194 valence electrons. The van der Waals surface area contributed by atoms with Crippen molar-refractivity contribution in [1.29, 1.82) is 0 Å². The Kier molecular flexibility index (Phi) is 8.18. The molecular formula is C26H30O10. The molecule has 0 unspecified atom stereocenters. The van der Waals surface area contributed by atoms with Crippen LogP contribution in [0, 0.1) is 5.92 Å². The molecule has 0 saturated carbocycles. The first kappa shape index (κ1) is 26.5. The maximum Gasteiger partial charge on any atom is 0.334 e. The second-order valence-electron chi connectivity index (χ2n) is 7.66. The van der Waals surface area contributed by atoms with Gasteiger partial charge in [-0.15, -0.1) is 0 Å². The van der Waals surface area contributed by atoms with Crippen molar-refractivity contribution in [2.75, 3.05) is 56.9 Å². The van der Waals surface area contributed by atoms with Crippen LogP contribution in [0.2, 0.25) is 0 Å². The molecule has 0 heterocycles. The largest absolute Gasteiger partial charge is 0.496 e. The van der Waals surface area contributed by atoms with Gasteiger partial charge < -0.3 is 37.9 Å². The van der Waals surface area contributed by atoms with E-state index in [2.05, 4.69) is 0 Å². The third-order valence-corrected chi connectivity index (χ3v) is 6.16. The number of rotatable bonds is 9. The van der Waals surface area contributed by atoms with Gasteiger partial charge in [-0.05, 0) is 12.1 Å². The summed E-state index contributed by atoms with van der Waals surface area (Å²) in [4.78, 5) is 26.3. The number of esters is 2. The van der Waals surface area contributed by atoms with Crippen LogP contribution in [0.3, 0.4) is 0 Å². The van der Waals surface area contributed by atoms with E-state index in [1.165, 1.54) is 56.9 Å². The van der Waals surface area contributed by atoms with Crippen molar-refractivity contribution in [1.82, 2.24) is 0 Å². The Hall–Kier alpha value is -4.08. The molecule has 3 rings (SSSR count). The lowest BCUT2D eigenvalue weighted by molar-refractivity contribution is -0.147. The van der Waals surface area contributed by atoms with E-state index in [1.54, 1.807) is 24.3 Å². The van der Waals surface area contributed by atoms with E-state index >= 15 is 0 Å². The van der Waals surface area contributed by atoms with Gasteiger partial charge in [-0.25, -0.2) is 4.79 Å². The summed E-state index contributed by atoms with van der Waals surface area (Å²) in [5, 5.41) is 0. The lowest BCUT2D eigenvalue weighted by Crippen LogP contribution is -2.33. The van der Waals surface area contributed by atoms with Crippen LogP contribution in [0.4, 0.5) is 0 Å². The molecule has 0 fully saturated rings. The minimum atomic E-state index is -1.13. The predicted octanol–water partition coefficient (Wildman–Crippen LogP) is 3.23. The average Bonchev–Trinajstić information content (AvgIpc) is 2.93. The monoisotopic (exact) mass is 502 g/mol. The number of hydrogen-bond donors (Lipinski definition) is 0. The summed E-state index contributed by atoms with van der Waals surface area (Å²) in [7, 11) is 11.4. The van der Waals surface area contributed by atoms with Gasteiger partial charge in [0.2, 0.25) is 0 Å². The van der Waals surface area contributed by atoms with Gasteiger partial charge in [0.15, 0.2) is 23.0 Å². The van der Waals surface area contributed by atoms with Crippen LogP contribution in [0.1, 0.15) is 22.6 Å². The Morgan fingerprint density at radius 3 is 1.69 bits per heavy atom. The fraction of sp³-hybridized carbons (Fsp3) is 0.385. The fourth-order valence-electron chi connectivity index (χ4n) is 4.56. The molecule has 0 saturated heterocycles. The van der Waals surface area contributed by atoms with E-state index in [4.69, 9.17) is 37.9 Å². The van der Waals surface area contributed by atoms with Crippen molar-refractivity contribution < 1.29 is 47.5 Å². The molecule has 0 bridgehead atoms. The van der Waals surface area contributed by atoms with Crippen molar-refractivity contribution in [3.8, 4) is 34.5 Å². The van der Waals surface area contributed by atoms with Crippen molar-refractivity contribution in [3.05, 3.63) is 40.5 Å². The van der Waals surface area contributed by atoms with Gasteiger partial charge >= 0.3 is 11.9 Å². The molecule has 2 aromatic carbocycles. The first-order valence-electron chi connectivity index (χ1n) is 10.9. The van der Waals surface area contributed by atoms with Crippen molar-refractivity contribution in [2.24, 2.45) is 5.92 Å². The first-order chi connectivity index (χ1) is 17.3. The minimum Gasteiger partial charge on any atom is -0.496 e. The Balaban J connectivity index is 2.56. The highest BCUT2D eigenvalue weighted by atomic mass is 16.5. The minimum absolute atomic E-state index is 0.0733. The molecule has 1 aliphatic carbocycles. The summed E-state index contributed by atoms with van der Waals surface area (Å²) >= 11 is 0. The number of carbonyl (C=O) groups is 2. The van der Waals surface area contributed by atoms with Crippen LogP contribution >= 0.6 is 0 Å². The quantitative estimate of drug-likeness (QED) is 0.474. The second-order valence-corrected chi connectivity index (χ2v) is 7.66. The maximum atomic E-state index is 13.3. The molecule has 0 amide bonds. The SMILES string of the molecule is COC(=O)C1=Cc2c(OC)cc(OC)c(OC)c2[C@@H](c2cc(OC)c(OC)cc2OC)[C@H]1C(=O)OC. The number of hydrogen-bond acceptors (Lipinski definition) is 10. The highest BCUT2D eigenvalue weighted by molar-refractivity contribution is 6.03. The van der Waals surface area contributed by atoms with Gasteiger partial charge in [-0.3, -0.25) is 4.79 Å². The number of methoxy groups -OCH3 is 8. The number of fused-ring (bicyclic) bond motifs is 1. The average molecular weight is 503 g/mol. The van der Waals surface area contributed by atoms with E-state index in [-0.39, 0.29) is 5.57 Å². The lowest BCUT2D eigenvalue weighted by Gasteiger charge is -2.35. The predicted molar refractivity (Wildman–Crippen MR) is 130 cm³/mol. The van der Waals surface area contributed by atoms with Gasteiger partial charge in [-0.2, -0.15) is 0 Å². The van der Waals surface area contributed by atoms with Crippen LogP contribution in [0.15, 0.2) is 23.8 Å².